The summed E-state index contributed by atoms with van der Waals surface area (Å²) in [7, 11) is 0. The Morgan fingerprint density at radius 2 is 2.26 bits per heavy atom. The predicted octanol–water partition coefficient (Wildman–Crippen LogP) is 4.88. The number of halogens is 3. The zero-order valence-corrected chi connectivity index (χ0v) is 14.5. The summed E-state index contributed by atoms with van der Waals surface area (Å²) in [6, 6.07) is 5.73. The molecule has 1 unspecified atom stereocenters. The summed E-state index contributed by atoms with van der Waals surface area (Å²) >= 11 is 12.9. The summed E-state index contributed by atoms with van der Waals surface area (Å²) < 4.78 is 0.813. The molecule has 0 aromatic heterocycles. The lowest BCUT2D eigenvalue weighted by atomic mass is 10.1. The number of rotatable bonds is 4. The number of carbonyl (C=O) groups is 1. The lowest BCUT2D eigenvalue weighted by Gasteiger charge is -2.25. The van der Waals surface area contributed by atoms with Gasteiger partial charge in [-0.1, -0.05) is 27.5 Å². The molecule has 0 radical (unpaired) electrons. The summed E-state index contributed by atoms with van der Waals surface area (Å²) in [5.74, 6) is 0.0893. The maximum absolute atomic E-state index is 12.6. The van der Waals surface area contributed by atoms with E-state index in [1.54, 1.807) is 12.1 Å². The molecule has 1 fully saturated rings. The number of amides is 1. The van der Waals surface area contributed by atoms with Crippen molar-refractivity contribution in [3.63, 3.8) is 0 Å². The molecule has 0 saturated carbocycles. The van der Waals surface area contributed by atoms with Crippen LogP contribution in [0.3, 0.4) is 0 Å². The van der Waals surface area contributed by atoms with Crippen LogP contribution in [0.2, 0.25) is 5.02 Å². The van der Waals surface area contributed by atoms with E-state index in [9.17, 15) is 4.79 Å². The molecule has 0 N–H and O–H groups in total. The molecule has 5 heteroatoms. The van der Waals surface area contributed by atoms with Crippen molar-refractivity contribution < 1.29 is 4.79 Å². The van der Waals surface area contributed by atoms with Crippen LogP contribution in [0.1, 0.15) is 36.0 Å². The average Bonchev–Trinajstić information content (AvgIpc) is 2.86. The number of benzene rings is 1. The molecule has 1 atom stereocenters. The Morgan fingerprint density at radius 1 is 1.47 bits per heavy atom. The first-order chi connectivity index (χ1) is 9.13. The summed E-state index contributed by atoms with van der Waals surface area (Å²) in [4.78, 5) is 14.6. The van der Waals surface area contributed by atoms with Crippen LogP contribution >= 0.6 is 43.5 Å². The van der Waals surface area contributed by atoms with Gasteiger partial charge in [0, 0.05) is 27.4 Å². The normalized spacial score (nSPS) is 18.9. The highest BCUT2D eigenvalue weighted by atomic mass is 79.9. The van der Waals surface area contributed by atoms with E-state index in [1.807, 2.05) is 11.0 Å². The van der Waals surface area contributed by atoms with Gasteiger partial charge in [-0.05, 0) is 59.8 Å². The number of hydrogen-bond acceptors (Lipinski definition) is 1. The molecule has 1 aromatic rings. The minimum atomic E-state index is 0.0893. The number of nitrogens with zero attached hydrogens (tertiary/aromatic N) is 1. The van der Waals surface area contributed by atoms with E-state index in [0.29, 0.717) is 16.6 Å². The number of alkyl halides is 1. The molecule has 1 heterocycles. The molecule has 0 bridgehead atoms. The lowest BCUT2D eigenvalue weighted by molar-refractivity contribution is 0.0729. The quantitative estimate of drug-likeness (QED) is 0.649. The first-order valence-electron chi connectivity index (χ1n) is 6.45. The minimum Gasteiger partial charge on any atom is -0.336 e. The first-order valence-corrected chi connectivity index (χ1v) is 8.74. The summed E-state index contributed by atoms with van der Waals surface area (Å²) in [6.07, 6.45) is 4.37. The van der Waals surface area contributed by atoms with Gasteiger partial charge in [0.05, 0.1) is 5.56 Å². The second-order valence-corrected chi connectivity index (χ2v) is 6.83. The van der Waals surface area contributed by atoms with Crippen molar-refractivity contribution in [3.05, 3.63) is 33.3 Å². The molecule has 1 saturated heterocycles. The van der Waals surface area contributed by atoms with Crippen LogP contribution in [-0.4, -0.2) is 28.7 Å². The van der Waals surface area contributed by atoms with Crippen molar-refractivity contribution in [1.82, 2.24) is 4.90 Å². The van der Waals surface area contributed by atoms with Crippen molar-refractivity contribution in [3.8, 4) is 0 Å². The smallest absolute Gasteiger partial charge is 0.255 e. The molecule has 1 aliphatic heterocycles. The zero-order valence-electron chi connectivity index (χ0n) is 10.5. The minimum absolute atomic E-state index is 0.0893. The fourth-order valence-electron chi connectivity index (χ4n) is 2.53. The molecule has 2 nitrogen and oxygen atoms in total. The van der Waals surface area contributed by atoms with Crippen molar-refractivity contribution in [1.29, 1.82) is 0 Å². The van der Waals surface area contributed by atoms with E-state index in [2.05, 4.69) is 31.9 Å². The fraction of sp³-hybridized carbons (Fsp3) is 0.500. The van der Waals surface area contributed by atoms with Crippen LogP contribution in [0.5, 0.6) is 0 Å². The van der Waals surface area contributed by atoms with E-state index in [1.165, 1.54) is 0 Å². The molecule has 1 aliphatic rings. The van der Waals surface area contributed by atoms with Gasteiger partial charge in [0.2, 0.25) is 0 Å². The maximum Gasteiger partial charge on any atom is 0.255 e. The topological polar surface area (TPSA) is 20.3 Å². The average molecular weight is 410 g/mol. The van der Waals surface area contributed by atoms with Gasteiger partial charge < -0.3 is 4.90 Å². The second kappa shape index (κ2) is 7.09. The second-order valence-electron chi connectivity index (χ2n) is 4.75. The Hall–Kier alpha value is -0.0600. The zero-order chi connectivity index (χ0) is 13.8. The van der Waals surface area contributed by atoms with E-state index < -0.39 is 0 Å². The van der Waals surface area contributed by atoms with E-state index >= 15 is 0 Å². The van der Waals surface area contributed by atoms with Crippen LogP contribution in [0.25, 0.3) is 0 Å². The van der Waals surface area contributed by atoms with Crippen LogP contribution < -0.4 is 0 Å². The Labute approximate surface area is 135 Å². The Balaban J connectivity index is 2.16. The van der Waals surface area contributed by atoms with Gasteiger partial charge in [-0.3, -0.25) is 4.79 Å². The highest BCUT2D eigenvalue weighted by Gasteiger charge is 2.29. The van der Waals surface area contributed by atoms with Crippen molar-refractivity contribution in [2.75, 3.05) is 11.9 Å². The SMILES string of the molecule is O=C(c1cc(Cl)ccc1Br)N1CCCC1CCCBr. The molecular formula is C14H16Br2ClNO. The summed E-state index contributed by atoms with van der Waals surface area (Å²) in [6.45, 7) is 0.852. The van der Waals surface area contributed by atoms with Gasteiger partial charge in [-0.25, -0.2) is 0 Å². The Kier molecular flexibility index (Phi) is 5.72. The summed E-state index contributed by atoms with van der Waals surface area (Å²) in [5.41, 5.74) is 0.665. The van der Waals surface area contributed by atoms with Gasteiger partial charge in [0.25, 0.3) is 5.91 Å². The molecule has 1 aromatic carbocycles. The van der Waals surface area contributed by atoms with Crippen molar-refractivity contribution in [2.24, 2.45) is 0 Å². The number of likely N-dealkylation sites (tertiary alicyclic amines) is 1. The molecular weight excluding hydrogens is 393 g/mol. The molecule has 2 rings (SSSR count). The molecule has 104 valence electrons. The molecule has 0 aliphatic carbocycles. The van der Waals surface area contributed by atoms with Crippen LogP contribution in [0.4, 0.5) is 0 Å². The Morgan fingerprint density at radius 3 is 3.00 bits per heavy atom. The van der Waals surface area contributed by atoms with E-state index in [-0.39, 0.29) is 5.91 Å². The van der Waals surface area contributed by atoms with Crippen LogP contribution in [-0.2, 0) is 0 Å². The van der Waals surface area contributed by atoms with Crippen LogP contribution in [0, 0.1) is 0 Å². The molecule has 0 spiro atoms. The van der Waals surface area contributed by atoms with E-state index in [0.717, 1.165) is 42.0 Å². The van der Waals surface area contributed by atoms with Crippen molar-refractivity contribution >= 4 is 49.4 Å². The highest BCUT2D eigenvalue weighted by molar-refractivity contribution is 9.10. The molecule has 19 heavy (non-hydrogen) atoms. The standard InChI is InChI=1S/C14H16Br2ClNO/c15-7-1-3-11-4-2-8-18(11)14(19)12-9-10(17)5-6-13(12)16/h5-6,9,11H,1-4,7-8H2. The molecule has 1 amide bonds. The van der Waals surface area contributed by atoms with E-state index in [4.69, 9.17) is 11.6 Å². The third kappa shape index (κ3) is 3.73. The lowest BCUT2D eigenvalue weighted by Crippen LogP contribution is -2.35. The maximum atomic E-state index is 12.6. The van der Waals surface area contributed by atoms with Gasteiger partial charge >= 0.3 is 0 Å². The van der Waals surface area contributed by atoms with Gasteiger partial charge in [-0.15, -0.1) is 0 Å². The third-order valence-electron chi connectivity index (χ3n) is 3.47. The van der Waals surface area contributed by atoms with Crippen molar-refractivity contribution in [2.45, 2.75) is 31.7 Å². The van der Waals surface area contributed by atoms with Crippen LogP contribution in [0.15, 0.2) is 22.7 Å². The fourth-order valence-corrected chi connectivity index (χ4v) is 3.44. The summed E-state index contributed by atoms with van der Waals surface area (Å²) in [5, 5.41) is 1.59. The van der Waals surface area contributed by atoms with Gasteiger partial charge in [0.15, 0.2) is 0 Å². The largest absolute Gasteiger partial charge is 0.336 e. The third-order valence-corrected chi connectivity index (χ3v) is 4.96. The monoisotopic (exact) mass is 407 g/mol. The predicted molar refractivity (Wildman–Crippen MR) is 86.2 cm³/mol. The van der Waals surface area contributed by atoms with Gasteiger partial charge in [-0.2, -0.15) is 0 Å². The Bertz CT molecular complexity index is 467. The number of carbonyl (C=O) groups excluding carboxylic acids is 1. The van der Waals surface area contributed by atoms with Gasteiger partial charge in [0.1, 0.15) is 0 Å². The number of hydrogen-bond donors (Lipinski definition) is 0. The first kappa shape index (κ1) is 15.3. The highest BCUT2D eigenvalue weighted by Crippen LogP contribution is 2.28.